The third-order valence-corrected chi connectivity index (χ3v) is 9.23. The van der Waals surface area contributed by atoms with Crippen molar-refractivity contribution in [3.63, 3.8) is 0 Å². The summed E-state index contributed by atoms with van der Waals surface area (Å²) in [7, 11) is 0. The average molecular weight is 576 g/mol. The van der Waals surface area contributed by atoms with Crippen molar-refractivity contribution < 1.29 is 9.47 Å². The maximum Gasteiger partial charge on any atom is 0.194 e. The number of para-hydroxylation sites is 1. The van der Waals surface area contributed by atoms with E-state index in [0.29, 0.717) is 0 Å². The predicted octanol–water partition coefficient (Wildman–Crippen LogP) is 11.8. The molecular weight excluding hydrogens is 550 g/mol. The minimum absolute atomic E-state index is 0.717. The smallest absolute Gasteiger partial charge is 0.194 e. The van der Waals surface area contributed by atoms with E-state index in [9.17, 15) is 0 Å². The molecule has 0 radical (unpaired) electrons. The fourth-order valence-corrected chi connectivity index (χ4v) is 7.17. The highest BCUT2D eigenvalue weighted by Crippen LogP contribution is 2.52. The van der Waals surface area contributed by atoms with Crippen LogP contribution in [0.5, 0.6) is 23.0 Å². The van der Waals surface area contributed by atoms with Crippen LogP contribution >= 0.6 is 0 Å². The summed E-state index contributed by atoms with van der Waals surface area (Å²) in [5.41, 5.74) is 5.60. The molecule has 0 saturated carbocycles. The van der Waals surface area contributed by atoms with Crippen LogP contribution in [0, 0.1) is 0 Å². The van der Waals surface area contributed by atoms with Crippen molar-refractivity contribution in [2.24, 2.45) is 0 Å². The van der Waals surface area contributed by atoms with Gasteiger partial charge in [0.25, 0.3) is 0 Å². The highest BCUT2D eigenvalue weighted by Gasteiger charge is 2.27. The van der Waals surface area contributed by atoms with E-state index < -0.39 is 0 Å². The van der Waals surface area contributed by atoms with Gasteiger partial charge in [0.15, 0.2) is 23.0 Å². The number of hydrogen-bond donors (Lipinski definition) is 0. The Morgan fingerprint density at radius 1 is 0.400 bits per heavy atom. The molecule has 0 atom stereocenters. The van der Waals surface area contributed by atoms with Crippen molar-refractivity contribution in [3.05, 3.63) is 152 Å². The Kier molecular flexibility index (Phi) is 5.00. The number of fused-ring (bicyclic) bond motifs is 11. The Hall–Kier alpha value is -6.06. The monoisotopic (exact) mass is 575 g/mol. The summed E-state index contributed by atoms with van der Waals surface area (Å²) in [4.78, 5) is 0. The van der Waals surface area contributed by atoms with Gasteiger partial charge < -0.3 is 14.0 Å². The van der Waals surface area contributed by atoms with Crippen molar-refractivity contribution in [3.8, 4) is 39.8 Å². The lowest BCUT2D eigenvalue weighted by Gasteiger charge is -2.23. The second-order valence-corrected chi connectivity index (χ2v) is 11.7. The average Bonchev–Trinajstić information content (AvgIpc) is 3.45. The van der Waals surface area contributed by atoms with E-state index in [1.807, 2.05) is 24.3 Å². The molecule has 1 aliphatic rings. The van der Waals surface area contributed by atoms with Crippen LogP contribution in [0.25, 0.3) is 70.9 Å². The summed E-state index contributed by atoms with van der Waals surface area (Å²) in [5, 5.41) is 9.51. The molecule has 1 aliphatic heterocycles. The van der Waals surface area contributed by atoms with E-state index in [4.69, 9.17) is 9.47 Å². The third-order valence-electron chi connectivity index (χ3n) is 9.23. The van der Waals surface area contributed by atoms with E-state index in [1.54, 1.807) is 0 Å². The molecule has 0 aliphatic carbocycles. The molecule has 0 amide bonds. The molecule has 0 fully saturated rings. The SMILES string of the molecule is c1ccc2c3c(ccc2c1)Oc1c(ccc2c4ccccc4n(-c4ccc(-c5cc6ccccc6c6ccccc56)cc4)c12)O3. The molecule has 0 spiro atoms. The normalized spacial score (nSPS) is 12.4. The summed E-state index contributed by atoms with van der Waals surface area (Å²) >= 11 is 0. The van der Waals surface area contributed by atoms with E-state index in [1.165, 1.54) is 38.1 Å². The topological polar surface area (TPSA) is 23.4 Å². The van der Waals surface area contributed by atoms with Gasteiger partial charge in [-0.05, 0) is 80.5 Å². The number of ether oxygens (including phenoxy) is 2. The molecule has 3 heteroatoms. The van der Waals surface area contributed by atoms with Crippen LogP contribution in [0.2, 0.25) is 0 Å². The quantitative estimate of drug-likeness (QED) is 0.191. The van der Waals surface area contributed by atoms with Crippen LogP contribution in [-0.2, 0) is 0 Å². The molecule has 2 heterocycles. The molecule has 8 aromatic carbocycles. The Bertz CT molecular complexity index is 2650. The van der Waals surface area contributed by atoms with Gasteiger partial charge in [-0.15, -0.1) is 0 Å². The van der Waals surface area contributed by atoms with Crippen LogP contribution < -0.4 is 9.47 Å². The first-order valence-corrected chi connectivity index (χ1v) is 15.3. The lowest BCUT2D eigenvalue weighted by molar-refractivity contribution is 0.366. The van der Waals surface area contributed by atoms with Gasteiger partial charge in [0.1, 0.15) is 5.52 Å². The van der Waals surface area contributed by atoms with E-state index in [2.05, 4.69) is 132 Å². The lowest BCUT2D eigenvalue weighted by atomic mass is 9.93. The maximum absolute atomic E-state index is 6.73. The molecule has 10 rings (SSSR count). The highest BCUT2D eigenvalue weighted by molar-refractivity contribution is 6.14. The van der Waals surface area contributed by atoms with Gasteiger partial charge in [-0.25, -0.2) is 0 Å². The first-order valence-electron chi connectivity index (χ1n) is 15.3. The van der Waals surface area contributed by atoms with Crippen LogP contribution in [0.4, 0.5) is 0 Å². The summed E-state index contributed by atoms with van der Waals surface area (Å²) in [5.74, 6) is 2.93. The summed E-state index contributed by atoms with van der Waals surface area (Å²) < 4.78 is 15.6. The van der Waals surface area contributed by atoms with Crippen LogP contribution in [-0.4, -0.2) is 4.57 Å². The van der Waals surface area contributed by atoms with Crippen molar-refractivity contribution in [2.45, 2.75) is 0 Å². The summed E-state index contributed by atoms with van der Waals surface area (Å²) in [6.07, 6.45) is 0. The molecule has 0 unspecified atom stereocenters. The maximum atomic E-state index is 6.73. The molecule has 3 nitrogen and oxygen atoms in total. The minimum Gasteiger partial charge on any atom is -0.449 e. The first kappa shape index (κ1) is 24.4. The molecule has 9 aromatic rings. The molecule has 45 heavy (non-hydrogen) atoms. The van der Waals surface area contributed by atoms with Gasteiger partial charge in [0, 0.05) is 21.8 Å². The molecule has 1 aromatic heterocycles. The Morgan fingerprint density at radius 2 is 1.02 bits per heavy atom. The standard InChI is InChI=1S/C42H25NO2/c1-4-12-31-26(9-1)19-23-38-41(31)44-39-24-22-35-34-15-7-8-16-37(34)43(40(35)42(39)45-38)29-20-17-27(18-21-29)36-25-28-10-2-3-11-30(28)32-13-5-6-14-33(32)36/h1-25H. The van der Waals surface area contributed by atoms with Gasteiger partial charge in [0.2, 0.25) is 0 Å². The fourth-order valence-electron chi connectivity index (χ4n) is 7.17. The summed E-state index contributed by atoms with van der Waals surface area (Å²) in [6, 6.07) is 53.6. The van der Waals surface area contributed by atoms with Crippen LogP contribution in [0.1, 0.15) is 0 Å². The number of nitrogens with zero attached hydrogens (tertiary/aromatic N) is 1. The van der Waals surface area contributed by atoms with E-state index >= 15 is 0 Å². The van der Waals surface area contributed by atoms with Crippen molar-refractivity contribution in [1.29, 1.82) is 0 Å². The zero-order valence-electron chi connectivity index (χ0n) is 24.2. The van der Waals surface area contributed by atoms with Gasteiger partial charge in [-0.2, -0.15) is 0 Å². The Balaban J connectivity index is 1.17. The fraction of sp³-hybridized carbons (Fsp3) is 0. The molecule has 0 bridgehead atoms. The molecule has 0 saturated heterocycles. The minimum atomic E-state index is 0.717. The van der Waals surface area contributed by atoms with Gasteiger partial charge in [-0.1, -0.05) is 109 Å². The number of aromatic nitrogens is 1. The van der Waals surface area contributed by atoms with Crippen LogP contribution in [0.15, 0.2) is 152 Å². The largest absolute Gasteiger partial charge is 0.449 e. The first-order chi connectivity index (χ1) is 22.3. The highest BCUT2D eigenvalue weighted by atomic mass is 16.6. The number of rotatable bonds is 2. The Labute approximate surface area is 259 Å². The second kappa shape index (κ2) is 9.22. The van der Waals surface area contributed by atoms with Gasteiger partial charge in [-0.3, -0.25) is 0 Å². The zero-order valence-corrected chi connectivity index (χ0v) is 24.2. The van der Waals surface area contributed by atoms with E-state index in [-0.39, 0.29) is 0 Å². The third kappa shape index (κ3) is 3.52. The Morgan fingerprint density at radius 3 is 1.87 bits per heavy atom. The van der Waals surface area contributed by atoms with Gasteiger partial charge in [0.05, 0.1) is 5.52 Å². The van der Waals surface area contributed by atoms with Crippen molar-refractivity contribution >= 4 is 54.1 Å². The van der Waals surface area contributed by atoms with Crippen molar-refractivity contribution in [2.75, 3.05) is 0 Å². The lowest BCUT2D eigenvalue weighted by Crippen LogP contribution is -2.02. The molecule has 0 N–H and O–H groups in total. The zero-order chi connectivity index (χ0) is 29.5. The van der Waals surface area contributed by atoms with Crippen LogP contribution in [0.3, 0.4) is 0 Å². The van der Waals surface area contributed by atoms with E-state index in [0.717, 1.165) is 55.9 Å². The predicted molar refractivity (Wildman–Crippen MR) is 185 cm³/mol. The molecular formula is C42H25NO2. The molecule has 210 valence electrons. The summed E-state index contributed by atoms with van der Waals surface area (Å²) in [6.45, 7) is 0. The van der Waals surface area contributed by atoms with Gasteiger partial charge >= 0.3 is 0 Å². The second-order valence-electron chi connectivity index (χ2n) is 11.7. The number of benzene rings is 8. The van der Waals surface area contributed by atoms with Crippen molar-refractivity contribution in [1.82, 2.24) is 4.57 Å². The number of hydrogen-bond acceptors (Lipinski definition) is 2.